The molecule has 0 amide bonds. The molecule has 4 heteroatoms. The quantitative estimate of drug-likeness (QED) is 0.758. The number of carbonyl (C=O) groups is 1. The highest BCUT2D eigenvalue weighted by Gasteiger charge is 2.31. The number of hydrogen-bond donors (Lipinski definition) is 0. The van der Waals surface area contributed by atoms with E-state index in [1.165, 1.54) is 11.8 Å². The van der Waals surface area contributed by atoms with E-state index >= 15 is 0 Å². The van der Waals surface area contributed by atoms with E-state index < -0.39 is 5.79 Å². The molecule has 0 aromatic heterocycles. The summed E-state index contributed by atoms with van der Waals surface area (Å²) in [6, 6.07) is 5.32. The summed E-state index contributed by atoms with van der Waals surface area (Å²) in [5, 5.41) is 0. The molecule has 0 spiro atoms. The van der Waals surface area contributed by atoms with Crippen LogP contribution in [-0.4, -0.2) is 23.6 Å². The van der Waals surface area contributed by atoms with Gasteiger partial charge >= 0.3 is 0 Å². The lowest BCUT2D eigenvalue weighted by atomic mass is 10.1. The number of benzene rings is 1. The summed E-state index contributed by atoms with van der Waals surface area (Å²) in [6.07, 6.45) is 1.91. The number of hydrogen-bond acceptors (Lipinski definition) is 4. The largest absolute Gasteiger partial charge is 0.449 e. The molecule has 1 aliphatic rings. The summed E-state index contributed by atoms with van der Waals surface area (Å²) in [7, 11) is 0. The van der Waals surface area contributed by atoms with E-state index in [-0.39, 0.29) is 5.78 Å². The third-order valence-corrected chi connectivity index (χ3v) is 2.80. The van der Waals surface area contributed by atoms with Crippen LogP contribution in [0.4, 0.5) is 0 Å². The van der Waals surface area contributed by atoms with Crippen molar-refractivity contribution >= 4 is 17.5 Å². The van der Waals surface area contributed by atoms with Crippen LogP contribution in [-0.2, 0) is 0 Å². The molecule has 2 rings (SSSR count). The molecule has 0 atom stereocenters. The van der Waals surface area contributed by atoms with Gasteiger partial charge in [0.2, 0.25) is 5.79 Å². The molecule has 0 unspecified atom stereocenters. The molecule has 0 fully saturated rings. The van der Waals surface area contributed by atoms with Crippen LogP contribution in [0.3, 0.4) is 0 Å². The molecule has 1 aromatic carbocycles. The lowest BCUT2D eigenvalue weighted by Crippen LogP contribution is -2.29. The molecule has 3 nitrogen and oxygen atoms in total. The fraction of sp³-hybridized carbons (Fsp3) is 0.417. The van der Waals surface area contributed by atoms with Crippen LogP contribution in [0.25, 0.3) is 0 Å². The van der Waals surface area contributed by atoms with E-state index in [0.29, 0.717) is 22.8 Å². The molecular formula is C12H14O3S. The number of fused-ring (bicyclic) bond motifs is 1. The van der Waals surface area contributed by atoms with Crippen molar-refractivity contribution in [2.45, 2.75) is 19.6 Å². The minimum Gasteiger partial charge on any atom is -0.449 e. The van der Waals surface area contributed by atoms with Gasteiger partial charge in [0.05, 0.1) is 5.75 Å². The van der Waals surface area contributed by atoms with Crippen molar-refractivity contribution in [2.24, 2.45) is 0 Å². The Kier molecular flexibility index (Phi) is 2.84. The first kappa shape index (κ1) is 11.3. The van der Waals surface area contributed by atoms with E-state index in [4.69, 9.17) is 9.47 Å². The molecular weight excluding hydrogens is 224 g/mol. The van der Waals surface area contributed by atoms with E-state index in [2.05, 4.69) is 0 Å². The molecule has 0 aliphatic carbocycles. The summed E-state index contributed by atoms with van der Waals surface area (Å²) in [4.78, 5) is 11.7. The molecule has 0 radical (unpaired) electrons. The van der Waals surface area contributed by atoms with Crippen molar-refractivity contribution in [2.75, 3.05) is 12.0 Å². The summed E-state index contributed by atoms with van der Waals surface area (Å²) >= 11 is 1.52. The highest BCUT2D eigenvalue weighted by atomic mass is 32.2. The predicted molar refractivity (Wildman–Crippen MR) is 64.5 cm³/mol. The number of rotatable bonds is 3. The minimum atomic E-state index is -0.635. The third-order valence-electron chi connectivity index (χ3n) is 2.25. The van der Waals surface area contributed by atoms with Gasteiger partial charge in [0, 0.05) is 19.4 Å². The van der Waals surface area contributed by atoms with E-state index in [1.807, 2.05) is 20.1 Å². The minimum absolute atomic E-state index is 0.114. The molecule has 1 aromatic rings. The predicted octanol–water partition coefficient (Wildman–Crippen LogP) is 2.74. The second kappa shape index (κ2) is 4.01. The van der Waals surface area contributed by atoms with Crippen LogP contribution in [0, 0.1) is 0 Å². The first-order chi connectivity index (χ1) is 7.52. The number of ketones is 1. The summed E-state index contributed by atoms with van der Waals surface area (Å²) in [5.74, 6) is 1.32. The summed E-state index contributed by atoms with van der Waals surface area (Å²) in [6.45, 7) is 3.69. The summed E-state index contributed by atoms with van der Waals surface area (Å²) in [5.41, 5.74) is 0.675. The zero-order chi connectivity index (χ0) is 11.8. The Balaban J connectivity index is 2.26. The van der Waals surface area contributed by atoms with Crippen molar-refractivity contribution in [3.63, 3.8) is 0 Å². The molecule has 0 bridgehead atoms. The van der Waals surface area contributed by atoms with Crippen LogP contribution in [0.1, 0.15) is 24.2 Å². The number of ether oxygens (including phenoxy) is 2. The smallest absolute Gasteiger partial charge is 0.246 e. The van der Waals surface area contributed by atoms with Gasteiger partial charge in [0.15, 0.2) is 17.3 Å². The first-order valence-corrected chi connectivity index (χ1v) is 6.45. The van der Waals surface area contributed by atoms with Crippen molar-refractivity contribution in [1.82, 2.24) is 0 Å². The van der Waals surface area contributed by atoms with Crippen LogP contribution in [0.15, 0.2) is 18.2 Å². The fourth-order valence-corrected chi connectivity index (χ4v) is 2.04. The standard InChI is InChI=1S/C12H14O3S/c1-12(2)14-10-5-4-8(6-11(10)15-12)9(13)7-16-3/h4-6H,7H2,1-3H3. The third kappa shape index (κ3) is 2.16. The van der Waals surface area contributed by atoms with Crippen molar-refractivity contribution in [3.05, 3.63) is 23.8 Å². The van der Waals surface area contributed by atoms with Gasteiger partial charge in [-0.1, -0.05) is 0 Å². The van der Waals surface area contributed by atoms with Gasteiger partial charge in [0.1, 0.15) is 0 Å². The Bertz CT molecular complexity index is 426. The Labute approximate surface area is 99.1 Å². The van der Waals surface area contributed by atoms with Gasteiger partial charge in [-0.25, -0.2) is 0 Å². The maximum Gasteiger partial charge on any atom is 0.246 e. The summed E-state index contributed by atoms with van der Waals surface area (Å²) < 4.78 is 11.1. The zero-order valence-corrected chi connectivity index (χ0v) is 10.4. The average molecular weight is 238 g/mol. The maximum absolute atomic E-state index is 11.7. The van der Waals surface area contributed by atoms with E-state index in [9.17, 15) is 4.79 Å². The van der Waals surface area contributed by atoms with Crippen molar-refractivity contribution in [1.29, 1.82) is 0 Å². The lowest BCUT2D eigenvalue weighted by molar-refractivity contribution is -0.0431. The molecule has 0 saturated carbocycles. The number of carbonyl (C=O) groups excluding carboxylic acids is 1. The highest BCUT2D eigenvalue weighted by molar-refractivity contribution is 7.99. The van der Waals surface area contributed by atoms with Gasteiger partial charge < -0.3 is 9.47 Å². The monoisotopic (exact) mass is 238 g/mol. The van der Waals surface area contributed by atoms with E-state index in [0.717, 1.165) is 0 Å². The molecule has 0 saturated heterocycles. The van der Waals surface area contributed by atoms with Crippen LogP contribution in [0.5, 0.6) is 11.5 Å². The number of Topliss-reactive ketones (excluding diaryl/α,β-unsaturated/α-hetero) is 1. The lowest BCUT2D eigenvalue weighted by Gasteiger charge is -2.16. The maximum atomic E-state index is 11.7. The Morgan fingerprint density at radius 1 is 1.31 bits per heavy atom. The van der Waals surface area contributed by atoms with Crippen molar-refractivity contribution < 1.29 is 14.3 Å². The Hall–Kier alpha value is -1.16. The normalized spacial score (nSPS) is 16.2. The van der Waals surface area contributed by atoms with Gasteiger partial charge in [0.25, 0.3) is 0 Å². The highest BCUT2D eigenvalue weighted by Crippen LogP contribution is 2.39. The first-order valence-electron chi connectivity index (χ1n) is 5.06. The Morgan fingerprint density at radius 2 is 2.00 bits per heavy atom. The van der Waals surface area contributed by atoms with Crippen LogP contribution >= 0.6 is 11.8 Å². The fourth-order valence-electron chi connectivity index (χ4n) is 1.61. The van der Waals surface area contributed by atoms with Crippen LogP contribution in [0.2, 0.25) is 0 Å². The average Bonchev–Trinajstić information content (AvgIpc) is 2.50. The SMILES string of the molecule is CSCC(=O)c1ccc2c(c1)OC(C)(C)O2. The molecule has 86 valence electrons. The van der Waals surface area contributed by atoms with Gasteiger partial charge in [-0.05, 0) is 24.5 Å². The second-order valence-electron chi connectivity index (χ2n) is 4.12. The van der Waals surface area contributed by atoms with Crippen LogP contribution < -0.4 is 9.47 Å². The van der Waals surface area contributed by atoms with E-state index in [1.54, 1.807) is 18.2 Å². The topological polar surface area (TPSA) is 35.5 Å². The second-order valence-corrected chi connectivity index (χ2v) is 4.99. The molecule has 1 heterocycles. The van der Waals surface area contributed by atoms with Gasteiger partial charge in [-0.2, -0.15) is 11.8 Å². The van der Waals surface area contributed by atoms with Crippen molar-refractivity contribution in [3.8, 4) is 11.5 Å². The number of thioether (sulfide) groups is 1. The molecule has 1 aliphatic heterocycles. The van der Waals surface area contributed by atoms with Gasteiger partial charge in [-0.3, -0.25) is 4.79 Å². The molecule has 16 heavy (non-hydrogen) atoms. The Morgan fingerprint density at radius 3 is 2.69 bits per heavy atom. The zero-order valence-electron chi connectivity index (χ0n) is 9.57. The van der Waals surface area contributed by atoms with Gasteiger partial charge in [-0.15, -0.1) is 0 Å². The molecule has 0 N–H and O–H groups in total.